The maximum Gasteiger partial charge on any atom is 0.333 e. The fourth-order valence-corrected chi connectivity index (χ4v) is 4.00. The highest BCUT2D eigenvalue weighted by Crippen LogP contribution is 2.27. The number of amides is 1. The summed E-state index contributed by atoms with van der Waals surface area (Å²) >= 11 is 0. The van der Waals surface area contributed by atoms with Crippen molar-refractivity contribution in [1.82, 2.24) is 29.4 Å². The smallest absolute Gasteiger partial charge is 0.333 e. The van der Waals surface area contributed by atoms with Crippen molar-refractivity contribution in [3.63, 3.8) is 0 Å². The highest BCUT2D eigenvalue weighted by atomic mass is 19.3. The van der Waals surface area contributed by atoms with E-state index < -0.39 is 6.55 Å². The van der Waals surface area contributed by atoms with Crippen LogP contribution in [0.25, 0.3) is 16.8 Å². The van der Waals surface area contributed by atoms with Crippen LogP contribution >= 0.6 is 0 Å². The lowest BCUT2D eigenvalue weighted by Gasteiger charge is -2.23. The number of ether oxygens (including phenoxy) is 1. The van der Waals surface area contributed by atoms with Crippen LogP contribution in [0.1, 0.15) is 38.3 Å². The number of fused-ring (bicyclic) bond motifs is 1. The van der Waals surface area contributed by atoms with Gasteiger partial charge >= 0.3 is 6.55 Å². The molecule has 1 aromatic carbocycles. The number of nitrogens with zero attached hydrogens (tertiary/aromatic N) is 6. The number of hydrogen-bond donors (Lipinski definition) is 3. The molecule has 11 nitrogen and oxygen atoms in total. The number of nitrogens with one attached hydrogen (secondary N) is 3. The Hall–Kier alpha value is -4.13. The molecular formula is C24H27F2N9O2. The number of carbonyl (C=O) groups excluding carboxylic acids is 1. The Labute approximate surface area is 211 Å². The summed E-state index contributed by atoms with van der Waals surface area (Å²) < 4.78 is 33.8. The van der Waals surface area contributed by atoms with Crippen molar-refractivity contribution in [2.75, 3.05) is 29.2 Å². The summed E-state index contributed by atoms with van der Waals surface area (Å²) in [4.78, 5) is 20.9. The van der Waals surface area contributed by atoms with E-state index in [1.807, 2.05) is 24.3 Å². The standard InChI is InChI=1S/C24H27F2N9O2/c1-2-20(36)30-17-5-3-15(4-6-17)11-27-24-33-23(31-18-7-9-37-10-8-18)32-21-19(13-29-35(21)24)16-12-28-34(14-16)22(25)26/h3-6,12-14,18,22H,2,7-11H2,1H3,(H,30,36)(H2,27,31,32,33). The summed E-state index contributed by atoms with van der Waals surface area (Å²) in [6, 6.07) is 7.65. The molecule has 0 saturated carbocycles. The maximum atomic E-state index is 13.1. The monoisotopic (exact) mass is 511 g/mol. The third-order valence-electron chi connectivity index (χ3n) is 6.04. The summed E-state index contributed by atoms with van der Waals surface area (Å²) in [5.74, 6) is 0.797. The molecule has 5 rings (SSSR count). The predicted molar refractivity (Wildman–Crippen MR) is 133 cm³/mol. The summed E-state index contributed by atoms with van der Waals surface area (Å²) in [5.41, 5.74) is 3.18. The number of anilines is 3. The molecule has 37 heavy (non-hydrogen) atoms. The molecule has 3 aromatic heterocycles. The van der Waals surface area contributed by atoms with Gasteiger partial charge in [0.15, 0.2) is 5.65 Å². The van der Waals surface area contributed by atoms with Crippen molar-refractivity contribution < 1.29 is 18.3 Å². The average molecular weight is 512 g/mol. The maximum absolute atomic E-state index is 13.1. The number of alkyl halides is 2. The molecule has 0 aliphatic carbocycles. The molecule has 13 heteroatoms. The topological polar surface area (TPSA) is 123 Å². The molecule has 1 amide bonds. The quantitative estimate of drug-likeness (QED) is 0.309. The van der Waals surface area contributed by atoms with Crippen molar-refractivity contribution in [1.29, 1.82) is 0 Å². The van der Waals surface area contributed by atoms with Crippen molar-refractivity contribution in [3.8, 4) is 11.1 Å². The van der Waals surface area contributed by atoms with Gasteiger partial charge in [0, 0.05) is 55.2 Å². The molecule has 0 atom stereocenters. The molecule has 0 spiro atoms. The number of halogens is 2. The fraction of sp³-hybridized carbons (Fsp3) is 0.375. The van der Waals surface area contributed by atoms with E-state index in [9.17, 15) is 13.6 Å². The molecule has 1 saturated heterocycles. The second kappa shape index (κ2) is 10.9. The number of rotatable bonds is 9. The first kappa shape index (κ1) is 24.6. The molecule has 0 unspecified atom stereocenters. The molecule has 3 N–H and O–H groups in total. The van der Waals surface area contributed by atoms with E-state index in [-0.39, 0.29) is 11.9 Å². The van der Waals surface area contributed by atoms with Crippen molar-refractivity contribution in [2.24, 2.45) is 0 Å². The molecule has 194 valence electrons. The zero-order valence-corrected chi connectivity index (χ0v) is 20.2. The fourth-order valence-electron chi connectivity index (χ4n) is 4.00. The molecule has 0 bridgehead atoms. The van der Waals surface area contributed by atoms with Gasteiger partial charge in [0.2, 0.25) is 17.8 Å². The highest BCUT2D eigenvalue weighted by molar-refractivity contribution is 5.90. The van der Waals surface area contributed by atoms with E-state index >= 15 is 0 Å². The Morgan fingerprint density at radius 3 is 2.62 bits per heavy atom. The van der Waals surface area contributed by atoms with Crippen LogP contribution in [0, 0.1) is 0 Å². The van der Waals surface area contributed by atoms with Gasteiger partial charge in [-0.3, -0.25) is 4.79 Å². The van der Waals surface area contributed by atoms with Crippen LogP contribution in [0.3, 0.4) is 0 Å². The van der Waals surface area contributed by atoms with Gasteiger partial charge in [-0.05, 0) is 30.5 Å². The van der Waals surface area contributed by atoms with Crippen LogP contribution in [0.5, 0.6) is 0 Å². The average Bonchev–Trinajstić information content (AvgIpc) is 3.56. The summed E-state index contributed by atoms with van der Waals surface area (Å²) in [6.07, 6.45) is 6.25. The van der Waals surface area contributed by atoms with Gasteiger partial charge in [-0.1, -0.05) is 19.1 Å². The van der Waals surface area contributed by atoms with E-state index in [1.54, 1.807) is 17.6 Å². The van der Waals surface area contributed by atoms with Gasteiger partial charge in [-0.25, -0.2) is 4.68 Å². The Bertz CT molecular complexity index is 1360. The molecule has 1 aliphatic rings. The third kappa shape index (κ3) is 5.66. The molecule has 1 fully saturated rings. The van der Waals surface area contributed by atoms with Gasteiger partial charge in [-0.15, -0.1) is 0 Å². The molecular weight excluding hydrogens is 484 g/mol. The lowest BCUT2D eigenvalue weighted by Crippen LogP contribution is -2.29. The van der Waals surface area contributed by atoms with Crippen LogP contribution in [-0.4, -0.2) is 54.5 Å². The van der Waals surface area contributed by atoms with E-state index in [2.05, 4.69) is 36.1 Å². The van der Waals surface area contributed by atoms with Crippen LogP contribution in [0.2, 0.25) is 0 Å². The van der Waals surface area contributed by atoms with E-state index in [4.69, 9.17) is 4.74 Å². The molecule has 4 heterocycles. The van der Waals surface area contributed by atoms with Crippen LogP contribution in [-0.2, 0) is 16.1 Å². The van der Waals surface area contributed by atoms with Crippen molar-refractivity contribution >= 4 is 29.1 Å². The number of carbonyl (C=O) groups is 1. The summed E-state index contributed by atoms with van der Waals surface area (Å²) in [5, 5.41) is 17.6. The van der Waals surface area contributed by atoms with Crippen LogP contribution < -0.4 is 16.0 Å². The van der Waals surface area contributed by atoms with Crippen LogP contribution in [0.4, 0.5) is 26.4 Å². The number of benzene rings is 1. The zero-order chi connectivity index (χ0) is 25.8. The van der Waals surface area contributed by atoms with E-state index in [0.29, 0.717) is 59.5 Å². The number of hydrogen-bond acceptors (Lipinski definition) is 8. The highest BCUT2D eigenvalue weighted by Gasteiger charge is 2.20. The minimum absolute atomic E-state index is 0.0487. The third-order valence-corrected chi connectivity index (χ3v) is 6.04. The van der Waals surface area contributed by atoms with Gasteiger partial charge in [0.1, 0.15) is 0 Å². The second-order valence-electron chi connectivity index (χ2n) is 8.63. The lowest BCUT2D eigenvalue weighted by atomic mass is 10.1. The van der Waals surface area contributed by atoms with Gasteiger partial charge < -0.3 is 20.7 Å². The van der Waals surface area contributed by atoms with Gasteiger partial charge in [-0.2, -0.15) is 33.5 Å². The minimum Gasteiger partial charge on any atom is -0.381 e. The molecule has 0 radical (unpaired) electrons. The summed E-state index contributed by atoms with van der Waals surface area (Å²) in [7, 11) is 0. The van der Waals surface area contributed by atoms with E-state index in [0.717, 1.165) is 24.1 Å². The molecule has 1 aliphatic heterocycles. The predicted octanol–water partition coefficient (Wildman–Crippen LogP) is 3.93. The van der Waals surface area contributed by atoms with Gasteiger partial charge in [0.05, 0.1) is 12.4 Å². The lowest BCUT2D eigenvalue weighted by molar-refractivity contribution is -0.115. The Morgan fingerprint density at radius 2 is 1.92 bits per heavy atom. The first-order valence-electron chi connectivity index (χ1n) is 12.1. The van der Waals surface area contributed by atoms with Gasteiger partial charge in [0.25, 0.3) is 0 Å². The minimum atomic E-state index is -2.74. The Kier molecular flexibility index (Phi) is 7.21. The van der Waals surface area contributed by atoms with E-state index in [1.165, 1.54) is 12.4 Å². The van der Waals surface area contributed by atoms with Crippen molar-refractivity contribution in [3.05, 3.63) is 48.4 Å². The summed E-state index contributed by atoms with van der Waals surface area (Å²) in [6.45, 7) is 0.806. The van der Waals surface area contributed by atoms with Crippen LogP contribution in [0.15, 0.2) is 42.9 Å². The Morgan fingerprint density at radius 1 is 1.14 bits per heavy atom. The molecule has 4 aromatic rings. The number of aromatic nitrogens is 6. The Balaban J connectivity index is 1.43. The first-order valence-corrected chi connectivity index (χ1v) is 12.1. The first-order chi connectivity index (χ1) is 18.0. The normalized spacial score (nSPS) is 14.3. The van der Waals surface area contributed by atoms with Crippen molar-refractivity contribution in [2.45, 2.75) is 45.3 Å². The second-order valence-corrected chi connectivity index (χ2v) is 8.63. The largest absolute Gasteiger partial charge is 0.381 e. The SMILES string of the molecule is CCC(=O)Nc1ccc(CNc2nc(NC3CCOCC3)nc3c(-c4cnn(C(F)F)c4)cnn23)cc1. The zero-order valence-electron chi connectivity index (χ0n) is 20.2.